The number of nitrogens with one attached hydrogen (secondary N) is 1. The van der Waals surface area contributed by atoms with Crippen LogP contribution < -0.4 is 15.1 Å². The monoisotopic (exact) mass is 373 g/mol. The Kier molecular flexibility index (Phi) is 5.10. The summed E-state index contributed by atoms with van der Waals surface area (Å²) in [6, 6.07) is 0. The van der Waals surface area contributed by atoms with Crippen LogP contribution in [0, 0.1) is 0 Å². The van der Waals surface area contributed by atoms with Crippen LogP contribution >= 0.6 is 0 Å². The number of rotatable bonds is 5. The summed E-state index contributed by atoms with van der Waals surface area (Å²) >= 11 is 0. The first-order valence-electron chi connectivity index (χ1n) is 9.16. The molecule has 2 aliphatic heterocycles. The minimum Gasteiger partial charge on any atom is -0.378 e. The zero-order chi connectivity index (χ0) is 18.6. The number of nitrogens with zero attached hydrogens (tertiary/aromatic N) is 8. The largest absolute Gasteiger partial charge is 0.378 e. The number of amides is 1. The van der Waals surface area contributed by atoms with Gasteiger partial charge >= 0.3 is 0 Å². The molecule has 11 heteroatoms. The van der Waals surface area contributed by atoms with E-state index in [4.69, 9.17) is 4.74 Å². The van der Waals surface area contributed by atoms with Crippen molar-refractivity contribution in [3.63, 3.8) is 0 Å². The van der Waals surface area contributed by atoms with Crippen LogP contribution in [0.15, 0.2) is 6.20 Å². The van der Waals surface area contributed by atoms with Gasteiger partial charge in [-0.3, -0.25) is 9.48 Å². The maximum absolute atomic E-state index is 12.2. The molecule has 0 unspecified atom stereocenters. The van der Waals surface area contributed by atoms with Crippen molar-refractivity contribution in [3.8, 4) is 0 Å². The summed E-state index contributed by atoms with van der Waals surface area (Å²) < 4.78 is 6.90. The van der Waals surface area contributed by atoms with Gasteiger partial charge < -0.3 is 19.9 Å². The van der Waals surface area contributed by atoms with Gasteiger partial charge in [0, 0.05) is 33.2 Å². The summed E-state index contributed by atoms with van der Waals surface area (Å²) in [5.74, 6) is 1.54. The zero-order valence-corrected chi connectivity index (χ0v) is 15.3. The molecule has 2 fully saturated rings. The lowest BCUT2D eigenvalue weighted by atomic mass is 10.4. The maximum atomic E-state index is 12.2. The van der Waals surface area contributed by atoms with E-state index in [1.165, 1.54) is 4.68 Å². The molecule has 0 atom stereocenters. The van der Waals surface area contributed by atoms with Crippen LogP contribution in [0.25, 0.3) is 0 Å². The molecule has 0 spiro atoms. The smallest absolute Gasteiger partial charge is 0.273 e. The first-order valence-corrected chi connectivity index (χ1v) is 9.16. The minimum atomic E-state index is -0.306. The van der Waals surface area contributed by atoms with E-state index in [1.54, 1.807) is 13.2 Å². The van der Waals surface area contributed by atoms with E-state index in [2.05, 4.69) is 40.4 Å². The molecular weight excluding hydrogens is 350 g/mol. The Balaban J connectivity index is 1.52. The van der Waals surface area contributed by atoms with Gasteiger partial charge in [0.05, 0.1) is 26.0 Å². The summed E-state index contributed by atoms with van der Waals surface area (Å²) in [5, 5.41) is 10.4. The fraction of sp³-hybridized carbons (Fsp3) is 0.625. The van der Waals surface area contributed by atoms with Crippen molar-refractivity contribution in [2.75, 3.05) is 49.2 Å². The summed E-state index contributed by atoms with van der Waals surface area (Å²) in [7, 11) is 1.71. The Hall–Kier alpha value is -2.82. The van der Waals surface area contributed by atoms with Crippen molar-refractivity contribution >= 4 is 17.8 Å². The summed E-state index contributed by atoms with van der Waals surface area (Å²) in [5.41, 5.74) is 0.264. The fourth-order valence-electron chi connectivity index (χ4n) is 3.14. The van der Waals surface area contributed by atoms with Crippen LogP contribution in [0.4, 0.5) is 11.9 Å². The minimum absolute atomic E-state index is 0.204. The van der Waals surface area contributed by atoms with Gasteiger partial charge in [-0.2, -0.15) is 15.0 Å². The number of anilines is 2. The van der Waals surface area contributed by atoms with Crippen molar-refractivity contribution in [1.82, 2.24) is 35.3 Å². The van der Waals surface area contributed by atoms with Crippen molar-refractivity contribution < 1.29 is 9.53 Å². The van der Waals surface area contributed by atoms with Gasteiger partial charge in [0.15, 0.2) is 11.5 Å². The van der Waals surface area contributed by atoms with Crippen molar-refractivity contribution in [2.45, 2.75) is 19.4 Å². The van der Waals surface area contributed by atoms with Crippen LogP contribution in [-0.4, -0.2) is 75.2 Å². The average Bonchev–Trinajstić information content (AvgIpc) is 3.38. The molecule has 4 heterocycles. The van der Waals surface area contributed by atoms with Crippen LogP contribution in [0.1, 0.15) is 29.2 Å². The number of ether oxygens (including phenoxy) is 1. The van der Waals surface area contributed by atoms with Crippen LogP contribution in [0.5, 0.6) is 0 Å². The quantitative estimate of drug-likeness (QED) is 0.731. The molecule has 2 aliphatic rings. The first-order chi connectivity index (χ1) is 13.2. The van der Waals surface area contributed by atoms with Gasteiger partial charge in [-0.25, -0.2) is 0 Å². The Morgan fingerprint density at radius 2 is 1.74 bits per heavy atom. The second-order valence-corrected chi connectivity index (χ2v) is 6.61. The standard InChI is InChI=1S/C16H23N9O2/c1-23-11-12(21-22-23)14(26)17-10-13-18-15(24-4-2-3-5-24)20-16(19-13)25-6-8-27-9-7-25/h11H,2-10H2,1H3,(H,17,26). The van der Waals surface area contributed by atoms with E-state index < -0.39 is 0 Å². The van der Waals surface area contributed by atoms with E-state index in [-0.39, 0.29) is 18.1 Å². The lowest BCUT2D eigenvalue weighted by Gasteiger charge is -2.28. The van der Waals surface area contributed by atoms with Gasteiger partial charge in [-0.05, 0) is 12.8 Å². The van der Waals surface area contributed by atoms with E-state index >= 15 is 0 Å². The Bertz CT molecular complexity index is 797. The van der Waals surface area contributed by atoms with Crippen LogP contribution in [-0.2, 0) is 18.3 Å². The topological polar surface area (TPSA) is 114 Å². The average molecular weight is 373 g/mol. The summed E-state index contributed by atoms with van der Waals surface area (Å²) in [4.78, 5) is 30.3. The van der Waals surface area contributed by atoms with Gasteiger partial charge in [0.2, 0.25) is 11.9 Å². The fourth-order valence-corrected chi connectivity index (χ4v) is 3.14. The number of hydrogen-bond acceptors (Lipinski definition) is 9. The van der Waals surface area contributed by atoms with Crippen LogP contribution in [0.3, 0.4) is 0 Å². The molecule has 4 rings (SSSR count). The summed E-state index contributed by atoms with van der Waals surface area (Å²) in [6.07, 6.45) is 3.84. The van der Waals surface area contributed by atoms with Crippen molar-refractivity contribution in [2.24, 2.45) is 7.05 Å². The van der Waals surface area contributed by atoms with E-state index in [0.29, 0.717) is 30.9 Å². The molecule has 11 nitrogen and oxygen atoms in total. The molecule has 2 saturated heterocycles. The number of hydrogen-bond donors (Lipinski definition) is 1. The highest BCUT2D eigenvalue weighted by molar-refractivity contribution is 5.91. The predicted octanol–water partition coefficient (Wildman–Crippen LogP) is -0.633. The third kappa shape index (κ3) is 4.13. The molecular formula is C16H23N9O2. The SMILES string of the molecule is Cn1cc(C(=O)NCc2nc(N3CCCC3)nc(N3CCOCC3)n2)nn1. The molecule has 1 amide bonds. The van der Waals surface area contributed by atoms with Crippen molar-refractivity contribution in [3.05, 3.63) is 17.7 Å². The van der Waals surface area contributed by atoms with Gasteiger partial charge in [0.1, 0.15) is 0 Å². The third-order valence-electron chi connectivity index (χ3n) is 4.58. The van der Waals surface area contributed by atoms with Crippen LogP contribution in [0.2, 0.25) is 0 Å². The first kappa shape index (κ1) is 17.6. The summed E-state index contributed by atoms with van der Waals surface area (Å²) in [6.45, 7) is 4.89. The molecule has 2 aromatic rings. The number of morpholine rings is 1. The lowest BCUT2D eigenvalue weighted by Crippen LogP contribution is -2.38. The molecule has 0 bridgehead atoms. The van der Waals surface area contributed by atoms with Gasteiger partial charge in [0.25, 0.3) is 5.91 Å². The van der Waals surface area contributed by atoms with E-state index in [1.807, 2.05) is 0 Å². The highest BCUT2D eigenvalue weighted by Gasteiger charge is 2.21. The molecule has 27 heavy (non-hydrogen) atoms. The van der Waals surface area contributed by atoms with E-state index in [9.17, 15) is 4.79 Å². The molecule has 0 aromatic carbocycles. The number of aryl methyl sites for hydroxylation is 1. The predicted molar refractivity (Wildman–Crippen MR) is 96.5 cm³/mol. The highest BCUT2D eigenvalue weighted by Crippen LogP contribution is 2.19. The van der Waals surface area contributed by atoms with E-state index in [0.717, 1.165) is 39.0 Å². The molecule has 2 aromatic heterocycles. The molecule has 1 N–H and O–H groups in total. The Morgan fingerprint density at radius 3 is 2.37 bits per heavy atom. The second-order valence-electron chi connectivity index (χ2n) is 6.61. The third-order valence-corrected chi connectivity index (χ3v) is 4.58. The number of carbonyl (C=O) groups is 1. The normalized spacial score (nSPS) is 17.4. The number of aromatic nitrogens is 6. The lowest BCUT2D eigenvalue weighted by molar-refractivity contribution is 0.0944. The second kappa shape index (κ2) is 7.82. The molecule has 0 radical (unpaired) electrons. The highest BCUT2D eigenvalue weighted by atomic mass is 16.5. The Morgan fingerprint density at radius 1 is 1.07 bits per heavy atom. The van der Waals surface area contributed by atoms with Gasteiger partial charge in [-0.15, -0.1) is 5.10 Å². The molecule has 144 valence electrons. The Labute approximate surface area is 156 Å². The number of carbonyl (C=O) groups excluding carboxylic acids is 1. The van der Waals surface area contributed by atoms with Crippen molar-refractivity contribution in [1.29, 1.82) is 0 Å². The van der Waals surface area contributed by atoms with Gasteiger partial charge in [-0.1, -0.05) is 5.21 Å². The zero-order valence-electron chi connectivity index (χ0n) is 15.3. The molecule has 0 aliphatic carbocycles. The molecule has 0 saturated carbocycles. The maximum Gasteiger partial charge on any atom is 0.273 e.